The van der Waals surface area contributed by atoms with Crippen molar-refractivity contribution in [3.05, 3.63) is 41.3 Å². The minimum atomic E-state index is -3.75. The first-order chi connectivity index (χ1) is 8.90. The van der Waals surface area contributed by atoms with E-state index in [9.17, 15) is 18.3 Å². The first kappa shape index (κ1) is 13.4. The normalized spacial score (nSPS) is 11.2. The van der Waals surface area contributed by atoms with Crippen LogP contribution in [-0.2, 0) is 10.0 Å². The second-order valence-electron chi connectivity index (χ2n) is 3.55. The summed E-state index contributed by atoms with van der Waals surface area (Å²) in [6, 6.07) is 6.24. The van der Waals surface area contributed by atoms with Crippen LogP contribution in [0.1, 0.15) is 10.4 Å². The molecular formula is C11H8NO5S2-. The molecule has 6 nitrogen and oxygen atoms in total. The van der Waals surface area contributed by atoms with Crippen molar-refractivity contribution >= 4 is 33.0 Å². The summed E-state index contributed by atoms with van der Waals surface area (Å²) in [5.41, 5.74) is -0.447. The molecule has 0 unspecified atom stereocenters. The molecule has 0 atom stereocenters. The number of hydrogen-bond donors (Lipinski definition) is 2. The maximum Gasteiger partial charge on any atom is 0.335 e. The Labute approximate surface area is 113 Å². The van der Waals surface area contributed by atoms with Crippen LogP contribution in [0.15, 0.2) is 39.9 Å². The van der Waals surface area contributed by atoms with Crippen molar-refractivity contribution < 1.29 is 23.4 Å². The zero-order valence-corrected chi connectivity index (χ0v) is 11.0. The summed E-state index contributed by atoms with van der Waals surface area (Å²) in [5, 5.41) is 21.7. The molecule has 0 saturated heterocycles. The molecule has 0 amide bonds. The Hall–Kier alpha value is -2.06. The maximum atomic E-state index is 11.9. The van der Waals surface area contributed by atoms with Gasteiger partial charge in [0.05, 0.1) is 5.56 Å². The SMILES string of the molecule is O=C(O)c1cc(NS(=O)(=O)c2cccs2)ccc1[O-]. The van der Waals surface area contributed by atoms with E-state index in [-0.39, 0.29) is 9.90 Å². The standard InChI is InChI=1S/C11H9NO5S2/c13-9-4-3-7(6-8(9)11(14)15)12-19(16,17)10-2-1-5-18-10/h1-6,12-13H,(H,14,15)/p-1. The van der Waals surface area contributed by atoms with E-state index in [0.717, 1.165) is 23.5 Å². The third-order valence-corrected chi connectivity index (χ3v) is 5.00. The Morgan fingerprint density at radius 3 is 2.63 bits per heavy atom. The van der Waals surface area contributed by atoms with Crippen LogP contribution in [0, 0.1) is 0 Å². The van der Waals surface area contributed by atoms with Gasteiger partial charge in [-0.2, -0.15) is 0 Å². The Kier molecular flexibility index (Phi) is 3.45. The topological polar surface area (TPSA) is 107 Å². The number of thiophene rings is 1. The molecule has 1 heterocycles. The van der Waals surface area contributed by atoms with Crippen molar-refractivity contribution in [2.24, 2.45) is 0 Å². The number of nitrogens with one attached hydrogen (secondary N) is 1. The minimum Gasteiger partial charge on any atom is -0.872 e. The molecule has 0 bridgehead atoms. The summed E-state index contributed by atoms with van der Waals surface area (Å²) in [7, 11) is -3.75. The number of benzene rings is 1. The van der Waals surface area contributed by atoms with Crippen LogP contribution < -0.4 is 9.83 Å². The predicted octanol–water partition coefficient (Wildman–Crippen LogP) is 1.32. The molecule has 19 heavy (non-hydrogen) atoms. The number of anilines is 1. The number of carboxylic acids is 1. The lowest BCUT2D eigenvalue weighted by Gasteiger charge is -2.12. The molecule has 0 saturated carbocycles. The molecule has 0 aliphatic carbocycles. The summed E-state index contributed by atoms with van der Waals surface area (Å²) in [5.74, 6) is -2.08. The van der Waals surface area contributed by atoms with Crippen LogP contribution >= 0.6 is 11.3 Å². The highest BCUT2D eigenvalue weighted by Crippen LogP contribution is 2.23. The maximum absolute atomic E-state index is 11.9. The van der Waals surface area contributed by atoms with Crippen LogP contribution in [0.4, 0.5) is 5.69 Å². The Balaban J connectivity index is 2.35. The van der Waals surface area contributed by atoms with Gasteiger partial charge in [0.1, 0.15) is 4.21 Å². The fourth-order valence-corrected chi connectivity index (χ4v) is 3.42. The van der Waals surface area contributed by atoms with Crippen LogP contribution in [-0.4, -0.2) is 19.5 Å². The molecule has 1 aromatic heterocycles. The predicted molar refractivity (Wildman–Crippen MR) is 68.0 cm³/mol. The molecular weight excluding hydrogens is 290 g/mol. The van der Waals surface area contributed by atoms with E-state index in [0.29, 0.717) is 0 Å². The van der Waals surface area contributed by atoms with E-state index in [2.05, 4.69) is 4.72 Å². The van der Waals surface area contributed by atoms with Crippen LogP contribution in [0.2, 0.25) is 0 Å². The van der Waals surface area contributed by atoms with Gasteiger partial charge in [-0.1, -0.05) is 17.9 Å². The molecule has 0 spiro atoms. The average Bonchev–Trinajstić information content (AvgIpc) is 2.85. The van der Waals surface area contributed by atoms with E-state index < -0.39 is 27.3 Å². The van der Waals surface area contributed by atoms with Gasteiger partial charge in [0.2, 0.25) is 0 Å². The van der Waals surface area contributed by atoms with Crippen LogP contribution in [0.5, 0.6) is 5.75 Å². The lowest BCUT2D eigenvalue weighted by Crippen LogP contribution is -2.12. The summed E-state index contributed by atoms with van der Waals surface area (Å²) >= 11 is 1.03. The smallest absolute Gasteiger partial charge is 0.335 e. The minimum absolute atomic E-state index is 0.0328. The largest absolute Gasteiger partial charge is 0.872 e. The van der Waals surface area contributed by atoms with Gasteiger partial charge >= 0.3 is 5.97 Å². The Morgan fingerprint density at radius 1 is 1.32 bits per heavy atom. The highest BCUT2D eigenvalue weighted by molar-refractivity contribution is 7.94. The van der Waals surface area contributed by atoms with E-state index in [1.165, 1.54) is 12.1 Å². The zero-order chi connectivity index (χ0) is 14.0. The number of sulfonamides is 1. The summed E-state index contributed by atoms with van der Waals surface area (Å²) in [6.07, 6.45) is 0. The molecule has 1 aromatic carbocycles. The second kappa shape index (κ2) is 4.90. The van der Waals surface area contributed by atoms with Crippen molar-refractivity contribution in [3.63, 3.8) is 0 Å². The molecule has 0 aliphatic heterocycles. The Morgan fingerprint density at radius 2 is 2.05 bits per heavy atom. The van der Waals surface area contributed by atoms with Crippen molar-refractivity contribution in [3.8, 4) is 5.75 Å². The van der Waals surface area contributed by atoms with Crippen LogP contribution in [0.3, 0.4) is 0 Å². The van der Waals surface area contributed by atoms with Gasteiger partial charge in [-0.05, 0) is 23.6 Å². The molecule has 8 heteroatoms. The highest BCUT2D eigenvalue weighted by Gasteiger charge is 2.16. The van der Waals surface area contributed by atoms with Gasteiger partial charge in [0.25, 0.3) is 10.0 Å². The van der Waals surface area contributed by atoms with E-state index in [4.69, 9.17) is 5.11 Å². The van der Waals surface area contributed by atoms with Gasteiger partial charge in [-0.3, -0.25) is 4.72 Å². The summed E-state index contributed by atoms with van der Waals surface area (Å²) in [4.78, 5) is 10.8. The second-order valence-corrected chi connectivity index (χ2v) is 6.41. The fraction of sp³-hybridized carbons (Fsp3) is 0. The van der Waals surface area contributed by atoms with Crippen molar-refractivity contribution in [1.29, 1.82) is 0 Å². The lowest BCUT2D eigenvalue weighted by atomic mass is 10.2. The van der Waals surface area contributed by atoms with Gasteiger partial charge < -0.3 is 10.2 Å². The number of carbonyl (C=O) groups is 1. The van der Waals surface area contributed by atoms with E-state index in [1.54, 1.807) is 11.4 Å². The average molecular weight is 298 g/mol. The van der Waals surface area contributed by atoms with Crippen molar-refractivity contribution in [2.45, 2.75) is 4.21 Å². The van der Waals surface area contributed by atoms with Gasteiger partial charge in [-0.25, -0.2) is 13.2 Å². The Bertz CT molecular complexity index is 707. The van der Waals surface area contributed by atoms with Gasteiger partial charge in [0.15, 0.2) is 0 Å². The highest BCUT2D eigenvalue weighted by atomic mass is 32.2. The quantitative estimate of drug-likeness (QED) is 0.885. The van der Waals surface area contributed by atoms with Gasteiger partial charge in [-0.15, -0.1) is 11.3 Å². The van der Waals surface area contributed by atoms with Crippen molar-refractivity contribution in [2.75, 3.05) is 4.72 Å². The van der Waals surface area contributed by atoms with Crippen molar-refractivity contribution in [1.82, 2.24) is 0 Å². The fourth-order valence-electron chi connectivity index (χ4n) is 1.38. The summed E-state index contributed by atoms with van der Waals surface area (Å²) < 4.78 is 26.1. The monoisotopic (exact) mass is 298 g/mol. The first-order valence-corrected chi connectivity index (χ1v) is 7.37. The van der Waals surface area contributed by atoms with E-state index >= 15 is 0 Å². The lowest BCUT2D eigenvalue weighted by molar-refractivity contribution is -0.268. The molecule has 0 aliphatic rings. The molecule has 0 radical (unpaired) electrons. The summed E-state index contributed by atoms with van der Waals surface area (Å²) in [6.45, 7) is 0. The molecule has 100 valence electrons. The molecule has 2 N–H and O–H groups in total. The molecule has 2 aromatic rings. The van der Waals surface area contributed by atoms with Crippen LogP contribution in [0.25, 0.3) is 0 Å². The zero-order valence-electron chi connectivity index (χ0n) is 9.36. The number of hydrogen-bond acceptors (Lipinski definition) is 5. The van der Waals surface area contributed by atoms with Gasteiger partial charge in [0, 0.05) is 5.69 Å². The molecule has 0 fully saturated rings. The molecule has 2 rings (SSSR count). The number of carboxylic acid groups (broad SMARTS) is 1. The third-order valence-electron chi connectivity index (χ3n) is 2.22. The third kappa shape index (κ3) is 2.85. The number of rotatable bonds is 4. The first-order valence-electron chi connectivity index (χ1n) is 5.01. The van der Waals surface area contributed by atoms with E-state index in [1.807, 2.05) is 0 Å². The number of aromatic carboxylic acids is 1.